The van der Waals surface area contributed by atoms with E-state index in [1.165, 1.54) is 12.8 Å². The molecule has 0 radical (unpaired) electrons. The Morgan fingerprint density at radius 1 is 0.875 bits per heavy atom. The molecule has 9 rings (SSSR count). The molecular weight excluding hydrogens is 703 g/mol. The summed E-state index contributed by atoms with van der Waals surface area (Å²) < 4.78 is 5.54. The normalized spacial score (nSPS) is 22.4. The summed E-state index contributed by atoms with van der Waals surface area (Å²) in [5.41, 5.74) is 5.89. The molecule has 3 saturated carbocycles. The van der Waals surface area contributed by atoms with Crippen LogP contribution < -0.4 is 5.32 Å². The van der Waals surface area contributed by atoms with E-state index < -0.39 is 12.1 Å². The van der Waals surface area contributed by atoms with Crippen LogP contribution in [0.5, 0.6) is 0 Å². The highest BCUT2D eigenvalue weighted by molar-refractivity contribution is 5.87. The Morgan fingerprint density at radius 3 is 2.18 bits per heavy atom. The molecule has 3 aliphatic carbocycles. The predicted molar refractivity (Wildman–Crippen MR) is 213 cm³/mol. The number of likely N-dealkylation sites (tertiary alicyclic amines) is 2. The number of nitrogens with zero attached hydrogens (tertiary/aromatic N) is 4. The van der Waals surface area contributed by atoms with Crippen LogP contribution in [0.15, 0.2) is 48.7 Å². The number of fused-ring (bicyclic) bond motifs is 1. The number of H-pyrrole nitrogens is 2. The van der Waals surface area contributed by atoms with E-state index in [-0.39, 0.29) is 46.7 Å². The van der Waals surface area contributed by atoms with Crippen LogP contribution in [0.4, 0.5) is 4.79 Å². The molecular formula is C45H53N7O4. The summed E-state index contributed by atoms with van der Waals surface area (Å²) in [6.45, 7) is 9.64. The van der Waals surface area contributed by atoms with Gasteiger partial charge in [0.25, 0.3) is 0 Å². The van der Waals surface area contributed by atoms with Crippen LogP contribution in [0.2, 0.25) is 0 Å². The highest BCUT2D eigenvalue weighted by Gasteiger charge is 2.56. The maximum atomic E-state index is 14.1. The Labute approximate surface area is 328 Å². The Morgan fingerprint density at radius 2 is 1.54 bits per heavy atom. The van der Waals surface area contributed by atoms with E-state index in [0.717, 1.165) is 96.6 Å². The van der Waals surface area contributed by atoms with Crippen molar-refractivity contribution in [2.75, 3.05) is 13.1 Å². The minimum Gasteiger partial charge on any atom is -0.446 e. The van der Waals surface area contributed by atoms with Crippen molar-refractivity contribution >= 4 is 28.9 Å². The standard InChI is InChI=1S/C45H53N7O4/c1-27(2)20-38(53)51-25-44(16-17-44)23-37(51)41-47-33-15-12-30(21-34(33)48-41)9-8-29-10-13-31(14-11-29)35-24-46-40(49-35)36-22-45(18-19-45)26-52(36)42(54)39(28(3)4)50-43(55)56-32-6-5-7-32/h10-15,21,24,27-28,32,36-37,39H,5-7,16-20,22-23,25-26H2,1-4H3,(H,46,49)(H,47,48)(H,50,55)/t36-,37-,39-/m0/s1. The number of nitrogens with one attached hydrogen (secondary N) is 3. The molecule has 2 aromatic carbocycles. The number of hydrogen-bond acceptors (Lipinski definition) is 6. The number of benzene rings is 2. The lowest BCUT2D eigenvalue weighted by Crippen LogP contribution is -2.52. The zero-order chi connectivity index (χ0) is 38.8. The van der Waals surface area contributed by atoms with Crippen molar-refractivity contribution in [2.24, 2.45) is 22.7 Å². The van der Waals surface area contributed by atoms with Gasteiger partial charge in [-0.1, -0.05) is 51.7 Å². The van der Waals surface area contributed by atoms with Crippen LogP contribution in [-0.2, 0) is 14.3 Å². The van der Waals surface area contributed by atoms with E-state index in [0.29, 0.717) is 18.9 Å². The van der Waals surface area contributed by atoms with Crippen LogP contribution in [0, 0.1) is 34.5 Å². The summed E-state index contributed by atoms with van der Waals surface area (Å²) in [5.74, 6) is 8.68. The minimum absolute atomic E-state index is 0.00223. The van der Waals surface area contributed by atoms with Gasteiger partial charge in [-0.25, -0.2) is 14.8 Å². The highest BCUT2D eigenvalue weighted by atomic mass is 16.6. The first-order chi connectivity index (χ1) is 27.0. The minimum atomic E-state index is -0.662. The van der Waals surface area contributed by atoms with E-state index in [2.05, 4.69) is 45.9 Å². The van der Waals surface area contributed by atoms with Gasteiger partial charge in [-0.2, -0.15) is 0 Å². The topological polar surface area (TPSA) is 136 Å². The first kappa shape index (κ1) is 36.5. The summed E-state index contributed by atoms with van der Waals surface area (Å²) in [7, 11) is 0. The number of carbonyl (C=O) groups is 3. The zero-order valence-corrected chi connectivity index (χ0v) is 33.0. The third kappa shape index (κ3) is 7.31. The number of aromatic amines is 2. The third-order valence-corrected chi connectivity index (χ3v) is 12.9. The van der Waals surface area contributed by atoms with Crippen molar-refractivity contribution in [3.8, 4) is 23.1 Å². The second-order valence-corrected chi connectivity index (χ2v) is 18.2. The van der Waals surface area contributed by atoms with E-state index >= 15 is 0 Å². The van der Waals surface area contributed by atoms with Crippen molar-refractivity contribution in [1.29, 1.82) is 0 Å². The number of hydrogen-bond donors (Lipinski definition) is 3. The largest absolute Gasteiger partial charge is 0.446 e. The van der Waals surface area contributed by atoms with Crippen molar-refractivity contribution in [2.45, 2.75) is 116 Å². The third-order valence-electron chi connectivity index (χ3n) is 12.9. The lowest BCUT2D eigenvalue weighted by Gasteiger charge is -2.31. The van der Waals surface area contributed by atoms with Gasteiger partial charge in [0.2, 0.25) is 11.8 Å². The highest BCUT2D eigenvalue weighted by Crippen LogP contribution is 2.59. The second kappa shape index (κ2) is 14.1. The first-order valence-electron chi connectivity index (χ1n) is 20.7. The SMILES string of the molecule is CC(C)CC(=O)N1CC2(CC2)C[C@H]1c1nc2ccc(C#Cc3ccc(-c4cnc([C@@H]5CC6(CC6)CN5C(=O)[C@@H](NC(=O)OC5CCC5)C(C)C)[nH]4)cc3)cc2[nH]1. The number of ether oxygens (including phenoxy) is 1. The van der Waals surface area contributed by atoms with Crippen LogP contribution >= 0.6 is 0 Å². The molecule has 3 amide bonds. The van der Waals surface area contributed by atoms with E-state index in [9.17, 15) is 14.4 Å². The lowest BCUT2D eigenvalue weighted by atomic mass is 9.96. The Kier molecular flexibility index (Phi) is 9.21. The van der Waals surface area contributed by atoms with Gasteiger partial charge >= 0.3 is 6.09 Å². The summed E-state index contributed by atoms with van der Waals surface area (Å²) in [4.78, 5) is 60.7. The molecule has 292 valence electrons. The molecule has 2 aliphatic heterocycles. The fourth-order valence-electron chi connectivity index (χ4n) is 8.93. The predicted octanol–water partition coefficient (Wildman–Crippen LogP) is 7.81. The van der Waals surface area contributed by atoms with Gasteiger partial charge in [-0.3, -0.25) is 9.59 Å². The molecule has 11 nitrogen and oxygen atoms in total. The maximum Gasteiger partial charge on any atom is 0.408 e. The molecule has 5 aliphatic rings. The quantitative estimate of drug-likeness (QED) is 0.149. The van der Waals surface area contributed by atoms with Gasteiger partial charge in [0.15, 0.2) is 0 Å². The van der Waals surface area contributed by atoms with E-state index in [1.807, 2.05) is 67.4 Å². The molecule has 4 heterocycles. The monoisotopic (exact) mass is 755 g/mol. The van der Waals surface area contributed by atoms with Crippen molar-refractivity contribution < 1.29 is 19.1 Å². The van der Waals surface area contributed by atoms with Gasteiger partial charge in [0, 0.05) is 30.6 Å². The molecule has 2 spiro atoms. The molecule has 2 aromatic heterocycles. The number of carbonyl (C=O) groups excluding carboxylic acids is 3. The van der Waals surface area contributed by atoms with Crippen LogP contribution in [-0.4, -0.2) is 72.9 Å². The fourth-order valence-corrected chi connectivity index (χ4v) is 8.93. The molecule has 3 N–H and O–H groups in total. The second-order valence-electron chi connectivity index (χ2n) is 18.2. The van der Waals surface area contributed by atoms with E-state index in [4.69, 9.17) is 14.7 Å². The number of imidazole rings is 2. The first-order valence-corrected chi connectivity index (χ1v) is 20.7. The van der Waals surface area contributed by atoms with Gasteiger partial charge in [-0.05, 0) is 116 Å². The van der Waals surface area contributed by atoms with Gasteiger partial charge in [0.1, 0.15) is 23.8 Å². The van der Waals surface area contributed by atoms with Gasteiger partial charge < -0.3 is 29.8 Å². The number of amides is 3. The number of aromatic nitrogens is 4. The Hall–Kier alpha value is -5.11. The Balaban J connectivity index is 0.872. The van der Waals surface area contributed by atoms with Crippen LogP contribution in [0.25, 0.3) is 22.3 Å². The zero-order valence-electron chi connectivity index (χ0n) is 33.0. The molecule has 2 saturated heterocycles. The van der Waals surface area contributed by atoms with Crippen LogP contribution in [0.1, 0.15) is 127 Å². The molecule has 3 atom stereocenters. The fraction of sp³-hybridized carbons (Fsp3) is 0.533. The average molecular weight is 756 g/mol. The smallest absolute Gasteiger partial charge is 0.408 e. The summed E-state index contributed by atoms with van der Waals surface area (Å²) in [5, 5.41) is 2.89. The average Bonchev–Trinajstić information content (AvgIpc) is 3.77. The molecule has 4 aromatic rings. The van der Waals surface area contributed by atoms with Crippen LogP contribution in [0.3, 0.4) is 0 Å². The van der Waals surface area contributed by atoms with Crippen molar-refractivity contribution in [3.63, 3.8) is 0 Å². The summed E-state index contributed by atoms with van der Waals surface area (Å²) >= 11 is 0. The molecule has 11 heteroatoms. The Bertz CT molecular complexity index is 2210. The maximum absolute atomic E-state index is 14.1. The van der Waals surface area contributed by atoms with Gasteiger partial charge in [-0.15, -0.1) is 0 Å². The summed E-state index contributed by atoms with van der Waals surface area (Å²) in [6, 6.07) is 13.3. The molecule has 56 heavy (non-hydrogen) atoms. The van der Waals surface area contributed by atoms with Gasteiger partial charge in [0.05, 0.1) is 35.0 Å². The number of rotatable bonds is 9. The van der Waals surface area contributed by atoms with Crippen molar-refractivity contribution in [1.82, 2.24) is 35.1 Å². The summed E-state index contributed by atoms with van der Waals surface area (Å²) in [6.07, 6.45) is 11.1. The molecule has 0 bridgehead atoms. The van der Waals surface area contributed by atoms with E-state index in [1.54, 1.807) is 0 Å². The molecule has 5 fully saturated rings. The molecule has 0 unspecified atom stereocenters. The lowest BCUT2D eigenvalue weighted by molar-refractivity contribution is -0.136. The van der Waals surface area contributed by atoms with Crippen molar-refractivity contribution in [3.05, 3.63) is 71.4 Å². The number of alkyl carbamates (subject to hydrolysis) is 1.